The van der Waals surface area contributed by atoms with Gasteiger partial charge in [0.1, 0.15) is 6.04 Å². The van der Waals surface area contributed by atoms with Gasteiger partial charge in [0, 0.05) is 6.42 Å². The summed E-state index contributed by atoms with van der Waals surface area (Å²) in [4.78, 5) is 33.4. The van der Waals surface area contributed by atoms with Gasteiger partial charge in [0.15, 0.2) is 5.60 Å². The van der Waals surface area contributed by atoms with Crippen LogP contribution in [0.2, 0.25) is 0 Å². The quantitative estimate of drug-likeness (QED) is 0.548. The van der Waals surface area contributed by atoms with Crippen LogP contribution >= 0.6 is 0 Å². The number of amides is 2. The normalized spacial score (nSPS) is 32.6. The molecule has 2 heterocycles. The molecule has 2 aliphatic heterocycles. The van der Waals surface area contributed by atoms with Crippen LogP contribution in [0.5, 0.6) is 0 Å². The van der Waals surface area contributed by atoms with E-state index in [1.54, 1.807) is 0 Å². The molecule has 2 saturated heterocycles. The average Bonchev–Trinajstić information content (AvgIpc) is 2.72. The van der Waals surface area contributed by atoms with Crippen LogP contribution < -0.4 is 5.32 Å². The van der Waals surface area contributed by atoms with Gasteiger partial charge in [-0.2, -0.15) is 0 Å². The van der Waals surface area contributed by atoms with Gasteiger partial charge in [-0.1, -0.05) is 0 Å². The van der Waals surface area contributed by atoms with E-state index < -0.39 is 29.8 Å². The van der Waals surface area contributed by atoms with Gasteiger partial charge in [-0.15, -0.1) is 0 Å². The predicted molar refractivity (Wildman–Crippen MR) is 48.0 cm³/mol. The lowest BCUT2D eigenvalue weighted by atomic mass is 10.0. The summed E-state index contributed by atoms with van der Waals surface area (Å²) in [5, 5.41) is 20.1. The predicted octanol–water partition coefficient (Wildman–Crippen LogP) is -0.698. The molecule has 2 atom stereocenters. The van der Waals surface area contributed by atoms with Crippen LogP contribution in [0, 0.1) is 0 Å². The zero-order valence-electron chi connectivity index (χ0n) is 8.17. The Balaban J connectivity index is 2.21. The first-order chi connectivity index (χ1) is 7.43. The molecule has 0 aromatic heterocycles. The van der Waals surface area contributed by atoms with E-state index in [9.17, 15) is 14.4 Å². The number of carboxylic acids is 1. The van der Waals surface area contributed by atoms with Crippen LogP contribution in [-0.2, 0) is 9.53 Å². The van der Waals surface area contributed by atoms with Crippen LogP contribution in [0.4, 0.5) is 9.59 Å². The number of rotatable bonds is 1. The third-order valence-corrected chi connectivity index (χ3v) is 2.79. The number of hydrogen-bond acceptors (Lipinski definition) is 4. The van der Waals surface area contributed by atoms with Crippen molar-refractivity contribution in [3.8, 4) is 0 Å². The van der Waals surface area contributed by atoms with Gasteiger partial charge in [0.25, 0.3) is 0 Å². The molecular formula is C8H10N2O6. The minimum absolute atomic E-state index is 0.0205. The highest BCUT2D eigenvalue weighted by molar-refractivity contribution is 5.81. The summed E-state index contributed by atoms with van der Waals surface area (Å²) in [6.45, 7) is 0.0252. The van der Waals surface area contributed by atoms with Gasteiger partial charge in [-0.05, 0) is 0 Å². The molecule has 1 spiro atoms. The van der Waals surface area contributed by atoms with E-state index in [1.165, 1.54) is 0 Å². The molecule has 8 heteroatoms. The molecule has 0 bridgehead atoms. The van der Waals surface area contributed by atoms with Crippen LogP contribution in [-0.4, -0.2) is 58.0 Å². The standard InChI is InChI=1S/C8H10N2O6/c11-5(12)4-1-8(2-9-6(13)16-8)3-10(4)7(14)15/h4H,1-3H2,(H,9,13)(H,11,12)(H,14,15). The maximum atomic E-state index is 10.9. The molecule has 2 unspecified atom stereocenters. The van der Waals surface area contributed by atoms with Crippen molar-refractivity contribution in [3.63, 3.8) is 0 Å². The van der Waals surface area contributed by atoms with E-state index in [-0.39, 0.29) is 19.5 Å². The van der Waals surface area contributed by atoms with Crippen molar-refractivity contribution in [2.45, 2.75) is 18.1 Å². The summed E-state index contributed by atoms with van der Waals surface area (Å²) in [6, 6.07) is -1.16. The Morgan fingerprint density at radius 2 is 2.19 bits per heavy atom. The highest BCUT2D eigenvalue weighted by atomic mass is 16.6. The fourth-order valence-electron chi connectivity index (χ4n) is 2.07. The highest BCUT2D eigenvalue weighted by Crippen LogP contribution is 2.33. The van der Waals surface area contributed by atoms with Gasteiger partial charge in [-0.3, -0.25) is 4.90 Å². The van der Waals surface area contributed by atoms with Crippen LogP contribution in [0.1, 0.15) is 6.42 Å². The first-order valence-electron chi connectivity index (χ1n) is 4.63. The first kappa shape index (κ1) is 10.5. The van der Waals surface area contributed by atoms with Gasteiger partial charge in [-0.25, -0.2) is 14.4 Å². The number of carbonyl (C=O) groups is 3. The molecule has 8 nitrogen and oxygen atoms in total. The van der Waals surface area contributed by atoms with E-state index in [4.69, 9.17) is 14.9 Å². The van der Waals surface area contributed by atoms with E-state index in [0.29, 0.717) is 0 Å². The lowest BCUT2D eigenvalue weighted by Crippen LogP contribution is -2.41. The number of likely N-dealkylation sites (tertiary alicyclic amines) is 1. The van der Waals surface area contributed by atoms with E-state index >= 15 is 0 Å². The molecular weight excluding hydrogens is 220 g/mol. The molecule has 0 radical (unpaired) electrons. The van der Waals surface area contributed by atoms with E-state index in [0.717, 1.165) is 4.90 Å². The third kappa shape index (κ3) is 1.51. The number of ether oxygens (including phenoxy) is 1. The van der Waals surface area contributed by atoms with Crippen molar-refractivity contribution in [2.24, 2.45) is 0 Å². The Kier molecular flexibility index (Phi) is 2.14. The molecule has 2 rings (SSSR count). The minimum Gasteiger partial charge on any atom is -0.480 e. The Morgan fingerprint density at radius 3 is 2.56 bits per heavy atom. The van der Waals surface area contributed by atoms with Crippen molar-refractivity contribution in [3.05, 3.63) is 0 Å². The van der Waals surface area contributed by atoms with Crippen LogP contribution in [0.3, 0.4) is 0 Å². The summed E-state index contributed by atoms with van der Waals surface area (Å²) in [6.07, 6.45) is -1.99. The summed E-state index contributed by atoms with van der Waals surface area (Å²) >= 11 is 0. The number of alkyl carbamates (subject to hydrolysis) is 1. The molecule has 2 amide bonds. The number of nitrogens with one attached hydrogen (secondary N) is 1. The fraction of sp³-hybridized carbons (Fsp3) is 0.625. The zero-order chi connectivity index (χ0) is 11.9. The summed E-state index contributed by atoms with van der Waals surface area (Å²) < 4.78 is 4.95. The van der Waals surface area contributed by atoms with Crippen LogP contribution in [0.25, 0.3) is 0 Å². The van der Waals surface area contributed by atoms with Crippen LogP contribution in [0.15, 0.2) is 0 Å². The maximum absolute atomic E-state index is 10.9. The first-order valence-corrected chi connectivity index (χ1v) is 4.63. The second-order valence-electron chi connectivity index (χ2n) is 3.89. The lowest BCUT2D eigenvalue weighted by Gasteiger charge is -2.19. The van der Waals surface area contributed by atoms with Gasteiger partial charge in [0.05, 0.1) is 13.1 Å². The summed E-state index contributed by atoms with van der Waals surface area (Å²) in [7, 11) is 0. The monoisotopic (exact) mass is 230 g/mol. The van der Waals surface area contributed by atoms with E-state index in [1.807, 2.05) is 0 Å². The number of aliphatic carboxylic acids is 1. The minimum atomic E-state index is -1.33. The fourth-order valence-corrected chi connectivity index (χ4v) is 2.07. The lowest BCUT2D eigenvalue weighted by molar-refractivity contribution is -0.141. The zero-order valence-corrected chi connectivity index (χ0v) is 8.17. The Bertz CT molecular complexity index is 346. The van der Waals surface area contributed by atoms with Crippen molar-refractivity contribution in [1.29, 1.82) is 0 Å². The van der Waals surface area contributed by atoms with Crippen molar-refractivity contribution < 1.29 is 29.3 Å². The average molecular weight is 230 g/mol. The van der Waals surface area contributed by atoms with Crippen molar-refractivity contribution in [2.75, 3.05) is 13.1 Å². The highest BCUT2D eigenvalue weighted by Gasteiger charge is 2.54. The van der Waals surface area contributed by atoms with Gasteiger partial charge >= 0.3 is 18.2 Å². The Hall–Kier alpha value is -1.99. The number of carboxylic acid groups (broad SMARTS) is 2. The molecule has 88 valence electrons. The molecule has 2 fully saturated rings. The maximum Gasteiger partial charge on any atom is 0.408 e. The second-order valence-corrected chi connectivity index (χ2v) is 3.89. The Labute approximate surface area is 89.8 Å². The summed E-state index contributed by atoms with van der Waals surface area (Å²) in [5.41, 5.74) is -1.03. The topological polar surface area (TPSA) is 116 Å². The molecule has 2 aliphatic rings. The molecule has 0 aromatic carbocycles. The molecule has 0 saturated carbocycles. The SMILES string of the molecule is O=C1NCC2(CC(C(=O)O)N(C(=O)O)C2)O1. The molecule has 3 N–H and O–H groups in total. The smallest absolute Gasteiger partial charge is 0.408 e. The second kappa shape index (κ2) is 3.26. The van der Waals surface area contributed by atoms with Gasteiger partial charge < -0.3 is 20.3 Å². The van der Waals surface area contributed by atoms with Crippen molar-refractivity contribution in [1.82, 2.24) is 10.2 Å². The third-order valence-electron chi connectivity index (χ3n) is 2.79. The summed E-state index contributed by atoms with van der Waals surface area (Å²) in [5.74, 6) is -1.23. The van der Waals surface area contributed by atoms with E-state index in [2.05, 4.69) is 5.32 Å². The molecule has 16 heavy (non-hydrogen) atoms. The molecule has 0 aliphatic carbocycles. The number of hydrogen-bond donors (Lipinski definition) is 3. The molecule has 0 aromatic rings. The largest absolute Gasteiger partial charge is 0.480 e. The number of carbonyl (C=O) groups excluding carboxylic acids is 1. The number of nitrogens with zero attached hydrogens (tertiary/aromatic N) is 1. The van der Waals surface area contributed by atoms with Crippen molar-refractivity contribution >= 4 is 18.2 Å². The Morgan fingerprint density at radius 1 is 1.50 bits per heavy atom. The van der Waals surface area contributed by atoms with Gasteiger partial charge in [0.2, 0.25) is 0 Å².